The number of nitrogens with one attached hydrogen (secondary N) is 1. The molecule has 3 nitrogen and oxygen atoms in total. The van der Waals surface area contributed by atoms with Crippen LogP contribution in [0.2, 0.25) is 0 Å². The zero-order valence-corrected chi connectivity index (χ0v) is 12.7. The van der Waals surface area contributed by atoms with Gasteiger partial charge in [-0.05, 0) is 12.1 Å². The predicted octanol–water partition coefficient (Wildman–Crippen LogP) is 3.05. The van der Waals surface area contributed by atoms with E-state index in [9.17, 15) is 9.59 Å². The van der Waals surface area contributed by atoms with Gasteiger partial charge in [0.15, 0.2) is 0 Å². The van der Waals surface area contributed by atoms with Gasteiger partial charge in [0.05, 0.1) is 16.5 Å². The molecule has 18 heavy (non-hydrogen) atoms. The molecule has 2 rings (SSSR count). The quantitative estimate of drug-likeness (QED) is 0.517. The van der Waals surface area contributed by atoms with Crippen LogP contribution in [0.15, 0.2) is 23.1 Å². The number of hydrogen-bond acceptors (Lipinski definition) is 3. The van der Waals surface area contributed by atoms with Gasteiger partial charge in [0.2, 0.25) is 0 Å². The Morgan fingerprint density at radius 3 is 2.78 bits per heavy atom. The fourth-order valence-corrected chi connectivity index (χ4v) is 3.77. The number of thioether (sulfide) groups is 1. The predicted molar refractivity (Wildman–Crippen MR) is 77.0 cm³/mol. The molecule has 1 heterocycles. The number of carbonyl (C=O) groups excluding carboxylic acids is 2. The van der Waals surface area contributed by atoms with E-state index >= 15 is 0 Å². The molecule has 96 valence electrons. The van der Waals surface area contributed by atoms with Gasteiger partial charge in [0.25, 0.3) is 11.8 Å². The highest BCUT2D eigenvalue weighted by molar-refractivity contribution is 9.09. The van der Waals surface area contributed by atoms with E-state index in [0.717, 1.165) is 4.90 Å². The Morgan fingerprint density at radius 2 is 2.11 bits per heavy atom. The normalized spacial score (nSPS) is 17.3. The van der Waals surface area contributed by atoms with Crippen molar-refractivity contribution in [2.45, 2.75) is 22.4 Å². The topological polar surface area (TPSA) is 46.2 Å². The minimum Gasteiger partial charge on any atom is -0.288 e. The Morgan fingerprint density at radius 1 is 1.39 bits per heavy atom. The molecular formula is C12H11BrClNO2S. The largest absolute Gasteiger partial charge is 0.288 e. The lowest BCUT2D eigenvalue weighted by Gasteiger charge is -2.16. The highest BCUT2D eigenvalue weighted by Crippen LogP contribution is 2.33. The number of fused-ring (bicyclic) bond motifs is 1. The minimum absolute atomic E-state index is 0.0361. The lowest BCUT2D eigenvalue weighted by Crippen LogP contribution is -2.20. The molecular weight excluding hydrogens is 338 g/mol. The summed E-state index contributed by atoms with van der Waals surface area (Å²) in [5, 5.41) is 3.09. The van der Waals surface area contributed by atoms with Gasteiger partial charge in [-0.1, -0.05) is 28.9 Å². The van der Waals surface area contributed by atoms with Crippen LogP contribution < -0.4 is 5.32 Å². The van der Waals surface area contributed by atoms with Crippen LogP contribution in [-0.2, 0) is 0 Å². The number of alkyl halides is 2. The molecule has 0 fully saturated rings. The standard InChI is InChI=1S/C12H11BrClNO2S/c1-6(8(14)5-13)18-9-4-2-3-7-10(9)12(17)15-11(7)16/h2-4,6,8H,5H2,1H3,(H,15,16,17). The number of rotatable bonds is 4. The molecule has 2 unspecified atom stereocenters. The molecule has 1 N–H and O–H groups in total. The number of halogens is 2. The third kappa shape index (κ3) is 2.58. The summed E-state index contributed by atoms with van der Waals surface area (Å²) in [5.74, 6) is -0.650. The Hall–Kier alpha value is -0.520. The van der Waals surface area contributed by atoms with Gasteiger partial charge in [-0.2, -0.15) is 0 Å². The van der Waals surface area contributed by atoms with Crippen LogP contribution in [0, 0.1) is 0 Å². The van der Waals surface area contributed by atoms with E-state index in [0.29, 0.717) is 16.5 Å². The third-order valence-corrected chi connectivity index (χ3v) is 5.74. The summed E-state index contributed by atoms with van der Waals surface area (Å²) in [6.45, 7) is 2.00. The molecule has 0 saturated heterocycles. The minimum atomic E-state index is -0.326. The fraction of sp³-hybridized carbons (Fsp3) is 0.333. The Kier molecular flexibility index (Phi) is 4.35. The molecule has 0 bridgehead atoms. The van der Waals surface area contributed by atoms with Crippen LogP contribution >= 0.6 is 39.3 Å². The first-order chi connectivity index (χ1) is 8.54. The molecule has 1 aliphatic rings. The van der Waals surface area contributed by atoms with Crippen LogP contribution in [0.1, 0.15) is 27.6 Å². The van der Waals surface area contributed by atoms with Crippen molar-refractivity contribution in [3.05, 3.63) is 29.3 Å². The van der Waals surface area contributed by atoms with E-state index in [1.54, 1.807) is 12.1 Å². The first kappa shape index (κ1) is 13.9. The van der Waals surface area contributed by atoms with Crippen molar-refractivity contribution < 1.29 is 9.59 Å². The van der Waals surface area contributed by atoms with E-state index in [1.165, 1.54) is 11.8 Å². The van der Waals surface area contributed by atoms with Gasteiger partial charge in [0, 0.05) is 15.5 Å². The number of hydrogen-bond donors (Lipinski definition) is 1. The Bertz CT molecular complexity index is 509. The van der Waals surface area contributed by atoms with Gasteiger partial charge in [-0.3, -0.25) is 14.9 Å². The van der Waals surface area contributed by atoms with Gasteiger partial charge < -0.3 is 0 Å². The summed E-state index contributed by atoms with van der Waals surface area (Å²) < 4.78 is 0. The Balaban J connectivity index is 2.31. The van der Waals surface area contributed by atoms with Crippen LogP contribution in [0.25, 0.3) is 0 Å². The van der Waals surface area contributed by atoms with Gasteiger partial charge in [0.1, 0.15) is 0 Å². The van der Waals surface area contributed by atoms with Crippen molar-refractivity contribution in [1.82, 2.24) is 5.32 Å². The molecule has 1 aromatic carbocycles. The molecule has 0 aromatic heterocycles. The molecule has 2 amide bonds. The SMILES string of the molecule is CC(Sc1cccc2c1C(=O)NC2=O)C(Cl)CBr. The lowest BCUT2D eigenvalue weighted by atomic mass is 10.1. The van der Waals surface area contributed by atoms with Crippen LogP contribution in [-0.4, -0.2) is 27.8 Å². The monoisotopic (exact) mass is 347 g/mol. The van der Waals surface area contributed by atoms with Crippen molar-refractivity contribution in [3.8, 4) is 0 Å². The van der Waals surface area contributed by atoms with Crippen molar-refractivity contribution in [2.24, 2.45) is 0 Å². The number of benzene rings is 1. The average Bonchev–Trinajstić information content (AvgIpc) is 2.65. The molecule has 1 aliphatic heterocycles. The maximum Gasteiger partial charge on any atom is 0.260 e. The average molecular weight is 349 g/mol. The number of amides is 2. The van der Waals surface area contributed by atoms with Gasteiger partial charge in [-0.25, -0.2) is 0 Å². The maximum atomic E-state index is 11.7. The summed E-state index contributed by atoms with van der Waals surface area (Å²) >= 11 is 11.0. The van der Waals surface area contributed by atoms with E-state index in [4.69, 9.17) is 11.6 Å². The lowest BCUT2D eigenvalue weighted by molar-refractivity contribution is 0.0879. The van der Waals surface area contributed by atoms with Crippen molar-refractivity contribution >= 4 is 51.1 Å². The fourth-order valence-electron chi connectivity index (χ4n) is 1.69. The highest BCUT2D eigenvalue weighted by Gasteiger charge is 2.30. The molecule has 0 aliphatic carbocycles. The van der Waals surface area contributed by atoms with Gasteiger partial charge >= 0.3 is 0 Å². The summed E-state index contributed by atoms with van der Waals surface area (Å²) in [5.41, 5.74) is 0.917. The first-order valence-electron chi connectivity index (χ1n) is 5.40. The zero-order valence-electron chi connectivity index (χ0n) is 9.57. The first-order valence-corrected chi connectivity index (χ1v) is 7.83. The molecule has 0 spiro atoms. The zero-order chi connectivity index (χ0) is 13.3. The Labute approximate surface area is 123 Å². The van der Waals surface area contributed by atoms with E-state index in [1.807, 2.05) is 13.0 Å². The van der Waals surface area contributed by atoms with Crippen molar-refractivity contribution in [3.63, 3.8) is 0 Å². The summed E-state index contributed by atoms with van der Waals surface area (Å²) in [6, 6.07) is 5.28. The summed E-state index contributed by atoms with van der Waals surface area (Å²) in [4.78, 5) is 24.1. The second kappa shape index (κ2) is 5.63. The van der Waals surface area contributed by atoms with Gasteiger partial charge in [-0.15, -0.1) is 23.4 Å². The highest BCUT2D eigenvalue weighted by atomic mass is 79.9. The second-order valence-corrected chi connectivity index (χ2v) is 6.58. The van der Waals surface area contributed by atoms with E-state index in [-0.39, 0.29) is 22.4 Å². The molecule has 0 saturated carbocycles. The summed E-state index contributed by atoms with van der Waals surface area (Å²) in [6.07, 6.45) is 0. The van der Waals surface area contributed by atoms with Crippen LogP contribution in [0.3, 0.4) is 0 Å². The molecule has 6 heteroatoms. The van der Waals surface area contributed by atoms with Crippen LogP contribution in [0.5, 0.6) is 0 Å². The third-order valence-electron chi connectivity index (χ3n) is 2.69. The van der Waals surface area contributed by atoms with E-state index in [2.05, 4.69) is 21.2 Å². The van der Waals surface area contributed by atoms with Crippen LogP contribution in [0.4, 0.5) is 0 Å². The van der Waals surface area contributed by atoms with Crippen molar-refractivity contribution in [2.75, 3.05) is 5.33 Å². The van der Waals surface area contributed by atoms with E-state index < -0.39 is 0 Å². The number of imide groups is 1. The summed E-state index contributed by atoms with van der Waals surface area (Å²) in [7, 11) is 0. The smallest absolute Gasteiger partial charge is 0.260 e. The maximum absolute atomic E-state index is 11.7. The molecule has 0 radical (unpaired) electrons. The second-order valence-electron chi connectivity index (χ2n) is 3.96. The number of carbonyl (C=O) groups is 2. The molecule has 2 atom stereocenters. The van der Waals surface area contributed by atoms with Crippen molar-refractivity contribution in [1.29, 1.82) is 0 Å². The molecule has 1 aromatic rings.